The molecule has 1 fully saturated rings. The summed E-state index contributed by atoms with van der Waals surface area (Å²) in [5.41, 5.74) is 2.67. The second-order valence-corrected chi connectivity index (χ2v) is 7.30. The smallest absolute Gasteiger partial charge is 0.0499 e. The summed E-state index contributed by atoms with van der Waals surface area (Å²) in [5, 5.41) is 10.1. The molecule has 0 amide bonds. The molecule has 1 aliphatic heterocycles. The van der Waals surface area contributed by atoms with Gasteiger partial charge in [-0.3, -0.25) is 4.90 Å². The van der Waals surface area contributed by atoms with Gasteiger partial charge in [-0.1, -0.05) is 72.8 Å². The summed E-state index contributed by atoms with van der Waals surface area (Å²) < 4.78 is 0. The zero-order valence-corrected chi connectivity index (χ0v) is 15.0. The summed E-state index contributed by atoms with van der Waals surface area (Å²) in [7, 11) is 0. The SMILES string of the molecule is OC[C@]1(CCc2ccccc2)CCCN(C/C=C/c2ccccc2)C1. The minimum Gasteiger partial charge on any atom is -0.396 e. The second-order valence-electron chi connectivity index (χ2n) is 7.30. The van der Waals surface area contributed by atoms with E-state index in [1.807, 2.05) is 6.07 Å². The molecule has 25 heavy (non-hydrogen) atoms. The summed E-state index contributed by atoms with van der Waals surface area (Å²) in [5.74, 6) is 0. The molecule has 0 saturated carbocycles. The maximum absolute atomic E-state index is 10.1. The van der Waals surface area contributed by atoms with Crippen LogP contribution in [0.2, 0.25) is 0 Å². The highest BCUT2D eigenvalue weighted by atomic mass is 16.3. The van der Waals surface area contributed by atoms with E-state index in [-0.39, 0.29) is 5.41 Å². The number of likely N-dealkylation sites (tertiary alicyclic amines) is 1. The van der Waals surface area contributed by atoms with E-state index < -0.39 is 0 Å². The van der Waals surface area contributed by atoms with Crippen molar-refractivity contribution in [1.29, 1.82) is 0 Å². The van der Waals surface area contributed by atoms with E-state index in [0.717, 1.165) is 38.9 Å². The Kier molecular flexibility index (Phi) is 6.43. The van der Waals surface area contributed by atoms with E-state index in [2.05, 4.69) is 71.6 Å². The van der Waals surface area contributed by atoms with Crippen LogP contribution < -0.4 is 0 Å². The van der Waals surface area contributed by atoms with Gasteiger partial charge in [0.15, 0.2) is 0 Å². The minimum atomic E-state index is 0.0503. The van der Waals surface area contributed by atoms with Crippen LogP contribution in [0.25, 0.3) is 6.08 Å². The third-order valence-corrected chi connectivity index (χ3v) is 5.34. The second kappa shape index (κ2) is 8.98. The van der Waals surface area contributed by atoms with Crippen LogP contribution in [0, 0.1) is 5.41 Å². The van der Waals surface area contributed by atoms with Crippen LogP contribution in [0.15, 0.2) is 66.7 Å². The minimum absolute atomic E-state index is 0.0503. The number of hydrogen-bond donors (Lipinski definition) is 1. The van der Waals surface area contributed by atoms with Crippen molar-refractivity contribution >= 4 is 6.08 Å². The number of aliphatic hydroxyl groups excluding tert-OH is 1. The highest BCUT2D eigenvalue weighted by molar-refractivity contribution is 5.48. The fraction of sp³-hybridized carbons (Fsp3) is 0.391. The molecule has 132 valence electrons. The molecular weight excluding hydrogens is 306 g/mol. The molecule has 1 atom stereocenters. The Balaban J connectivity index is 1.55. The van der Waals surface area contributed by atoms with Crippen molar-refractivity contribution in [1.82, 2.24) is 4.90 Å². The monoisotopic (exact) mass is 335 g/mol. The zero-order valence-electron chi connectivity index (χ0n) is 15.0. The molecule has 2 nitrogen and oxygen atoms in total. The van der Waals surface area contributed by atoms with Crippen molar-refractivity contribution in [2.24, 2.45) is 5.41 Å². The number of aliphatic hydroxyl groups is 1. The van der Waals surface area contributed by atoms with Gasteiger partial charge in [-0.2, -0.15) is 0 Å². The molecule has 0 radical (unpaired) electrons. The van der Waals surface area contributed by atoms with Gasteiger partial charge in [0.05, 0.1) is 0 Å². The molecule has 0 aliphatic carbocycles. The number of rotatable bonds is 7. The lowest BCUT2D eigenvalue weighted by molar-refractivity contribution is 0.0308. The first kappa shape index (κ1) is 17.9. The molecule has 2 aromatic rings. The molecule has 0 spiro atoms. The third-order valence-electron chi connectivity index (χ3n) is 5.34. The molecule has 0 unspecified atom stereocenters. The van der Waals surface area contributed by atoms with Gasteiger partial charge >= 0.3 is 0 Å². The first-order valence-electron chi connectivity index (χ1n) is 9.38. The largest absolute Gasteiger partial charge is 0.396 e. The molecule has 2 heteroatoms. The first-order chi connectivity index (χ1) is 12.3. The fourth-order valence-corrected chi connectivity index (χ4v) is 3.83. The average Bonchev–Trinajstić information content (AvgIpc) is 2.68. The number of aryl methyl sites for hydroxylation is 1. The quantitative estimate of drug-likeness (QED) is 0.810. The summed E-state index contributed by atoms with van der Waals surface area (Å²) in [6.07, 6.45) is 8.87. The van der Waals surface area contributed by atoms with Crippen molar-refractivity contribution in [2.75, 3.05) is 26.2 Å². The predicted octanol–water partition coefficient (Wildman–Crippen LogP) is 4.41. The topological polar surface area (TPSA) is 23.5 Å². The van der Waals surface area contributed by atoms with Gasteiger partial charge in [0.1, 0.15) is 0 Å². The highest BCUT2D eigenvalue weighted by Crippen LogP contribution is 2.34. The number of benzene rings is 2. The normalized spacial score (nSPS) is 21.6. The maximum Gasteiger partial charge on any atom is 0.0499 e. The number of nitrogens with zero attached hydrogens (tertiary/aromatic N) is 1. The first-order valence-corrected chi connectivity index (χ1v) is 9.38. The van der Waals surface area contributed by atoms with E-state index in [0.29, 0.717) is 6.61 Å². The Labute approximate surface area is 151 Å². The summed E-state index contributed by atoms with van der Waals surface area (Å²) >= 11 is 0. The molecular formula is C23H29NO. The predicted molar refractivity (Wildman–Crippen MR) is 105 cm³/mol. The number of hydrogen-bond acceptors (Lipinski definition) is 2. The molecule has 0 aromatic heterocycles. The lowest BCUT2D eigenvalue weighted by atomic mass is 9.76. The van der Waals surface area contributed by atoms with Crippen LogP contribution in [0.5, 0.6) is 0 Å². The van der Waals surface area contributed by atoms with E-state index in [1.165, 1.54) is 17.5 Å². The lowest BCUT2D eigenvalue weighted by Crippen LogP contribution is -2.45. The van der Waals surface area contributed by atoms with Gasteiger partial charge in [0.2, 0.25) is 0 Å². The molecule has 1 aliphatic rings. The Hall–Kier alpha value is -1.90. The fourth-order valence-electron chi connectivity index (χ4n) is 3.83. The molecule has 3 rings (SSSR count). The van der Waals surface area contributed by atoms with Gasteiger partial charge < -0.3 is 5.11 Å². The van der Waals surface area contributed by atoms with Gasteiger partial charge in [-0.15, -0.1) is 0 Å². The Bertz CT molecular complexity index is 652. The lowest BCUT2D eigenvalue weighted by Gasteiger charge is -2.41. The van der Waals surface area contributed by atoms with E-state index in [4.69, 9.17) is 0 Å². The van der Waals surface area contributed by atoms with Crippen molar-refractivity contribution in [3.8, 4) is 0 Å². The highest BCUT2D eigenvalue weighted by Gasteiger charge is 2.34. The Morgan fingerprint density at radius 2 is 1.72 bits per heavy atom. The van der Waals surface area contributed by atoms with Crippen molar-refractivity contribution in [3.05, 3.63) is 77.9 Å². The molecule has 1 N–H and O–H groups in total. The molecule has 1 saturated heterocycles. The standard InChI is InChI=1S/C23H29NO/c25-20-23(16-14-22-11-5-2-6-12-22)15-8-18-24(19-23)17-7-13-21-9-3-1-4-10-21/h1-7,9-13,25H,8,14-20H2/b13-7+/t23-/m0/s1. The molecule has 1 heterocycles. The number of piperidine rings is 1. The van der Waals surface area contributed by atoms with Gasteiger partial charge in [-0.25, -0.2) is 0 Å². The van der Waals surface area contributed by atoms with Gasteiger partial charge in [0, 0.05) is 25.1 Å². The Morgan fingerprint density at radius 1 is 1.00 bits per heavy atom. The zero-order chi connectivity index (χ0) is 17.4. The molecule has 2 aromatic carbocycles. The van der Waals surface area contributed by atoms with Crippen molar-refractivity contribution in [2.45, 2.75) is 25.7 Å². The summed E-state index contributed by atoms with van der Waals surface area (Å²) in [6.45, 7) is 3.38. The van der Waals surface area contributed by atoms with Crippen LogP contribution in [-0.4, -0.2) is 36.2 Å². The van der Waals surface area contributed by atoms with E-state index >= 15 is 0 Å². The third kappa shape index (κ3) is 5.29. The van der Waals surface area contributed by atoms with Crippen LogP contribution in [0.1, 0.15) is 30.4 Å². The summed E-state index contributed by atoms with van der Waals surface area (Å²) in [6, 6.07) is 21.1. The van der Waals surface area contributed by atoms with Gasteiger partial charge in [0.25, 0.3) is 0 Å². The summed E-state index contributed by atoms with van der Waals surface area (Å²) in [4.78, 5) is 2.49. The Morgan fingerprint density at radius 3 is 2.44 bits per heavy atom. The average molecular weight is 335 g/mol. The van der Waals surface area contributed by atoms with Crippen LogP contribution in [-0.2, 0) is 6.42 Å². The van der Waals surface area contributed by atoms with E-state index in [1.54, 1.807) is 0 Å². The maximum atomic E-state index is 10.1. The van der Waals surface area contributed by atoms with Crippen molar-refractivity contribution < 1.29 is 5.11 Å². The van der Waals surface area contributed by atoms with Crippen molar-refractivity contribution in [3.63, 3.8) is 0 Å². The van der Waals surface area contributed by atoms with Crippen LogP contribution in [0.3, 0.4) is 0 Å². The van der Waals surface area contributed by atoms with Crippen LogP contribution in [0.4, 0.5) is 0 Å². The molecule has 0 bridgehead atoms. The van der Waals surface area contributed by atoms with E-state index in [9.17, 15) is 5.11 Å². The van der Waals surface area contributed by atoms with Crippen LogP contribution >= 0.6 is 0 Å². The van der Waals surface area contributed by atoms with Gasteiger partial charge in [-0.05, 0) is 43.4 Å².